The van der Waals surface area contributed by atoms with Gasteiger partial charge in [0.25, 0.3) is 0 Å². The quantitative estimate of drug-likeness (QED) is 0.538. The fraction of sp³-hybridized carbons (Fsp3) is 0.625. The summed E-state index contributed by atoms with van der Waals surface area (Å²) in [6.45, 7) is 0. The lowest BCUT2D eigenvalue weighted by molar-refractivity contribution is -0.129. The summed E-state index contributed by atoms with van der Waals surface area (Å²) in [4.78, 5) is 24.7. The first-order valence-electron chi connectivity index (χ1n) is 11.9. The van der Waals surface area contributed by atoms with Crippen LogP contribution in [0.5, 0.6) is 5.75 Å². The zero-order valence-electron chi connectivity index (χ0n) is 18.6. The summed E-state index contributed by atoms with van der Waals surface area (Å²) in [7, 11) is 0. The maximum atomic E-state index is 12.4. The zero-order valence-corrected chi connectivity index (χ0v) is 20.2. The van der Waals surface area contributed by atoms with Crippen molar-refractivity contribution in [3.63, 3.8) is 0 Å². The molecule has 1 aliphatic heterocycles. The minimum atomic E-state index is -0.105. The summed E-state index contributed by atoms with van der Waals surface area (Å²) in [5.74, 6) is 1.63. The van der Waals surface area contributed by atoms with Gasteiger partial charge in [-0.1, -0.05) is 24.4 Å². The third kappa shape index (κ3) is 6.56. The lowest BCUT2D eigenvalue weighted by Crippen LogP contribution is -2.60. The highest BCUT2D eigenvalue weighted by Crippen LogP contribution is 2.29. The number of halogens is 1. The van der Waals surface area contributed by atoms with E-state index in [1.165, 1.54) is 6.42 Å². The highest BCUT2D eigenvalue weighted by Gasteiger charge is 2.37. The van der Waals surface area contributed by atoms with Gasteiger partial charge in [0.2, 0.25) is 11.8 Å². The SMILES string of the molecule is N#Cc1cc(OC2CCC(NC(=O)CCSC3NC(=O)C4CCCCC4N3)CC2)ccc1Cl. The minimum Gasteiger partial charge on any atom is -0.490 e. The Balaban J connectivity index is 1.13. The molecule has 7 nitrogen and oxygen atoms in total. The molecule has 33 heavy (non-hydrogen) atoms. The van der Waals surface area contributed by atoms with Crippen molar-refractivity contribution in [2.75, 3.05) is 5.75 Å². The maximum absolute atomic E-state index is 12.4. The van der Waals surface area contributed by atoms with Crippen LogP contribution >= 0.6 is 23.4 Å². The van der Waals surface area contributed by atoms with Gasteiger partial charge in [-0.05, 0) is 56.7 Å². The second-order valence-corrected chi connectivity index (χ2v) is 10.7. The van der Waals surface area contributed by atoms with Crippen molar-refractivity contribution in [2.24, 2.45) is 5.92 Å². The number of ether oxygens (including phenoxy) is 1. The molecule has 2 aliphatic carbocycles. The Labute approximate surface area is 204 Å². The van der Waals surface area contributed by atoms with E-state index in [4.69, 9.17) is 21.6 Å². The van der Waals surface area contributed by atoms with Gasteiger partial charge in [0.15, 0.2) is 0 Å². The van der Waals surface area contributed by atoms with Gasteiger partial charge in [0, 0.05) is 24.3 Å². The molecule has 3 N–H and O–H groups in total. The lowest BCUT2D eigenvalue weighted by Gasteiger charge is -2.39. The van der Waals surface area contributed by atoms with Crippen molar-refractivity contribution in [3.8, 4) is 11.8 Å². The van der Waals surface area contributed by atoms with Crippen LogP contribution in [0.2, 0.25) is 5.02 Å². The van der Waals surface area contributed by atoms with Crippen molar-refractivity contribution >= 4 is 35.2 Å². The molecular weight excluding hydrogens is 460 g/mol. The van der Waals surface area contributed by atoms with E-state index >= 15 is 0 Å². The Kier molecular flexibility index (Phi) is 8.39. The zero-order chi connectivity index (χ0) is 23.2. The molecule has 2 saturated carbocycles. The van der Waals surface area contributed by atoms with Crippen LogP contribution in [0.3, 0.4) is 0 Å². The molecule has 3 unspecified atom stereocenters. The predicted molar refractivity (Wildman–Crippen MR) is 129 cm³/mol. The Bertz CT molecular complexity index is 900. The molecule has 4 rings (SSSR count). The predicted octanol–water partition coefficient (Wildman–Crippen LogP) is 3.70. The Hall–Kier alpha value is -1.95. The van der Waals surface area contributed by atoms with Gasteiger partial charge in [-0.2, -0.15) is 5.26 Å². The number of amides is 2. The minimum absolute atomic E-state index is 0.0564. The Morgan fingerprint density at radius 2 is 2.00 bits per heavy atom. The van der Waals surface area contributed by atoms with E-state index in [-0.39, 0.29) is 41.4 Å². The largest absolute Gasteiger partial charge is 0.490 e. The third-order valence-corrected chi connectivity index (χ3v) is 8.11. The molecule has 1 aromatic rings. The van der Waals surface area contributed by atoms with Crippen LogP contribution in [0, 0.1) is 17.2 Å². The van der Waals surface area contributed by atoms with E-state index in [1.807, 2.05) is 0 Å². The molecule has 0 radical (unpaired) electrons. The number of carbonyl (C=O) groups is 2. The van der Waals surface area contributed by atoms with Gasteiger partial charge >= 0.3 is 0 Å². The molecule has 1 saturated heterocycles. The second kappa shape index (κ2) is 11.5. The molecule has 3 fully saturated rings. The molecule has 0 spiro atoms. The number of hydrogen-bond donors (Lipinski definition) is 3. The highest BCUT2D eigenvalue weighted by molar-refractivity contribution is 7.99. The molecule has 178 valence electrons. The fourth-order valence-electron chi connectivity index (χ4n) is 4.96. The molecule has 9 heteroatoms. The van der Waals surface area contributed by atoms with Gasteiger partial charge in [0.1, 0.15) is 17.3 Å². The molecule has 0 aromatic heterocycles. The van der Waals surface area contributed by atoms with E-state index in [0.717, 1.165) is 44.9 Å². The van der Waals surface area contributed by atoms with Crippen molar-refractivity contribution in [3.05, 3.63) is 28.8 Å². The number of nitrogens with zero attached hydrogens (tertiary/aromatic N) is 1. The van der Waals surface area contributed by atoms with E-state index in [2.05, 4.69) is 22.0 Å². The summed E-state index contributed by atoms with van der Waals surface area (Å²) < 4.78 is 6.02. The standard InChI is InChI=1S/C24H31ClN4O3S/c25-20-10-9-18(13-15(20)14-26)32-17-7-5-16(6-8-17)27-22(30)11-12-33-24-28-21-4-2-1-3-19(21)23(31)29-24/h9-10,13,16-17,19,21,24,28H,1-8,11-12H2,(H,27,30)(H,29,31). The van der Waals surface area contributed by atoms with Gasteiger partial charge in [-0.3, -0.25) is 14.9 Å². The van der Waals surface area contributed by atoms with Crippen LogP contribution in [0.15, 0.2) is 18.2 Å². The second-order valence-electron chi connectivity index (χ2n) is 9.09. The Morgan fingerprint density at radius 1 is 1.21 bits per heavy atom. The van der Waals surface area contributed by atoms with Crippen LogP contribution in [0.1, 0.15) is 63.4 Å². The molecule has 3 aliphatic rings. The molecule has 0 bridgehead atoms. The summed E-state index contributed by atoms with van der Waals surface area (Å²) in [6, 6.07) is 7.64. The van der Waals surface area contributed by atoms with Crippen molar-refractivity contribution in [1.82, 2.24) is 16.0 Å². The first-order chi connectivity index (χ1) is 16.0. The topological polar surface area (TPSA) is 103 Å². The average molecular weight is 491 g/mol. The number of nitriles is 1. The van der Waals surface area contributed by atoms with Crippen LogP contribution < -0.4 is 20.7 Å². The number of thioether (sulfide) groups is 1. The molecular formula is C24H31ClN4O3S. The van der Waals surface area contributed by atoms with Crippen LogP contribution in [0.4, 0.5) is 0 Å². The van der Waals surface area contributed by atoms with Gasteiger partial charge in [-0.25, -0.2) is 0 Å². The molecule has 1 aromatic carbocycles. The lowest BCUT2D eigenvalue weighted by atomic mass is 9.83. The smallest absolute Gasteiger partial charge is 0.226 e. The molecule has 2 amide bonds. The molecule has 1 heterocycles. The number of nitrogens with one attached hydrogen (secondary N) is 3. The Morgan fingerprint density at radius 3 is 2.79 bits per heavy atom. The van der Waals surface area contributed by atoms with Gasteiger partial charge in [0.05, 0.1) is 22.6 Å². The number of fused-ring (bicyclic) bond motifs is 1. The van der Waals surface area contributed by atoms with Crippen LogP contribution in [-0.4, -0.2) is 41.3 Å². The summed E-state index contributed by atoms with van der Waals surface area (Å²) in [6.07, 6.45) is 8.28. The van der Waals surface area contributed by atoms with Crippen molar-refractivity contribution in [1.29, 1.82) is 5.26 Å². The fourth-order valence-corrected chi connectivity index (χ4v) is 6.13. The number of rotatable bonds is 7. The summed E-state index contributed by atoms with van der Waals surface area (Å²) >= 11 is 7.58. The number of benzene rings is 1. The highest BCUT2D eigenvalue weighted by atomic mass is 35.5. The average Bonchev–Trinajstić information content (AvgIpc) is 2.81. The van der Waals surface area contributed by atoms with Crippen molar-refractivity contribution < 1.29 is 14.3 Å². The van der Waals surface area contributed by atoms with E-state index < -0.39 is 0 Å². The molecule has 3 atom stereocenters. The van der Waals surface area contributed by atoms with Gasteiger partial charge < -0.3 is 15.4 Å². The number of carbonyl (C=O) groups excluding carboxylic acids is 2. The first-order valence-corrected chi connectivity index (χ1v) is 13.3. The van der Waals surface area contributed by atoms with E-state index in [9.17, 15) is 9.59 Å². The van der Waals surface area contributed by atoms with Gasteiger partial charge in [-0.15, -0.1) is 11.8 Å². The monoisotopic (exact) mass is 490 g/mol. The van der Waals surface area contributed by atoms with Crippen molar-refractivity contribution in [2.45, 2.75) is 81.5 Å². The maximum Gasteiger partial charge on any atom is 0.226 e. The number of hydrogen-bond acceptors (Lipinski definition) is 6. The van der Waals surface area contributed by atoms with E-state index in [1.54, 1.807) is 30.0 Å². The van der Waals surface area contributed by atoms with Crippen LogP contribution in [-0.2, 0) is 9.59 Å². The van der Waals surface area contributed by atoms with Crippen LogP contribution in [0.25, 0.3) is 0 Å². The normalized spacial score (nSPS) is 29.3. The third-order valence-electron chi connectivity index (χ3n) is 6.76. The summed E-state index contributed by atoms with van der Waals surface area (Å²) in [5, 5.41) is 19.3. The summed E-state index contributed by atoms with van der Waals surface area (Å²) in [5.41, 5.74) is 0.307. The van der Waals surface area contributed by atoms with E-state index in [0.29, 0.717) is 28.5 Å². The first kappa shape index (κ1) is 24.2.